The fourth-order valence-electron chi connectivity index (χ4n) is 3.58. The smallest absolute Gasteiger partial charge is 0.407 e. The molecule has 1 aliphatic heterocycles. The highest BCUT2D eigenvalue weighted by molar-refractivity contribution is 5.68. The second-order valence-electron chi connectivity index (χ2n) is 8.20. The number of benzene rings is 2. The van der Waals surface area contributed by atoms with Crippen LogP contribution in [0.25, 0.3) is 0 Å². The molecule has 0 spiro atoms. The Labute approximate surface area is 164 Å². The van der Waals surface area contributed by atoms with E-state index in [1.807, 2.05) is 30.3 Å². The molecule has 1 heterocycles. The third-order valence-electron chi connectivity index (χ3n) is 4.70. The Kier molecular flexibility index (Phi) is 5.98. The van der Waals surface area contributed by atoms with Gasteiger partial charge in [0.15, 0.2) is 0 Å². The van der Waals surface area contributed by atoms with Crippen molar-refractivity contribution in [2.24, 2.45) is 0 Å². The molecule has 150 valence electrons. The van der Waals surface area contributed by atoms with Crippen LogP contribution < -0.4 is 5.32 Å². The van der Waals surface area contributed by atoms with Crippen molar-refractivity contribution in [3.8, 4) is 0 Å². The van der Waals surface area contributed by atoms with Crippen LogP contribution in [0, 0.1) is 11.6 Å². The summed E-state index contributed by atoms with van der Waals surface area (Å²) in [4.78, 5) is 14.4. The summed E-state index contributed by atoms with van der Waals surface area (Å²) in [5.74, 6) is -1.33. The molecule has 2 aromatic rings. The van der Waals surface area contributed by atoms with Gasteiger partial charge in [0, 0.05) is 25.6 Å². The lowest BCUT2D eigenvalue weighted by atomic mass is 9.94. The fourth-order valence-corrected chi connectivity index (χ4v) is 3.58. The van der Waals surface area contributed by atoms with Gasteiger partial charge in [-0.05, 0) is 50.1 Å². The lowest BCUT2D eigenvalue weighted by molar-refractivity contribution is 0.0502. The first kappa shape index (κ1) is 20.3. The molecule has 1 aliphatic rings. The molecular weight excluding hydrogens is 362 g/mol. The van der Waals surface area contributed by atoms with Crippen molar-refractivity contribution in [3.05, 3.63) is 71.3 Å². The van der Waals surface area contributed by atoms with Gasteiger partial charge in [-0.25, -0.2) is 13.6 Å². The maximum absolute atomic E-state index is 14.4. The van der Waals surface area contributed by atoms with Gasteiger partial charge in [0.1, 0.15) is 17.2 Å². The van der Waals surface area contributed by atoms with Crippen molar-refractivity contribution in [1.29, 1.82) is 0 Å². The Balaban J connectivity index is 1.80. The van der Waals surface area contributed by atoms with Gasteiger partial charge < -0.3 is 10.1 Å². The van der Waals surface area contributed by atoms with Gasteiger partial charge in [-0.15, -0.1) is 0 Å². The first-order chi connectivity index (χ1) is 13.2. The summed E-state index contributed by atoms with van der Waals surface area (Å²) in [7, 11) is 0. The van der Waals surface area contributed by atoms with Crippen LogP contribution in [0.2, 0.25) is 0 Å². The van der Waals surface area contributed by atoms with Crippen LogP contribution in [-0.2, 0) is 11.3 Å². The molecular formula is C22H26F2N2O2. The van der Waals surface area contributed by atoms with E-state index in [0.29, 0.717) is 19.6 Å². The number of carbonyl (C=O) groups excluding carboxylic acids is 1. The minimum Gasteiger partial charge on any atom is -0.444 e. The fraction of sp³-hybridized carbons (Fsp3) is 0.409. The van der Waals surface area contributed by atoms with Crippen molar-refractivity contribution in [3.63, 3.8) is 0 Å². The largest absolute Gasteiger partial charge is 0.444 e. The number of alkyl carbamates (subject to hydrolysis) is 1. The topological polar surface area (TPSA) is 41.6 Å². The van der Waals surface area contributed by atoms with Crippen LogP contribution >= 0.6 is 0 Å². The first-order valence-corrected chi connectivity index (χ1v) is 9.42. The molecule has 0 bridgehead atoms. The summed E-state index contributed by atoms with van der Waals surface area (Å²) in [6, 6.07) is 13.0. The number of amides is 1. The number of rotatable bonds is 4. The van der Waals surface area contributed by atoms with E-state index < -0.39 is 23.3 Å². The Hall–Kier alpha value is -2.47. The Morgan fingerprint density at radius 1 is 1.14 bits per heavy atom. The maximum atomic E-state index is 14.4. The van der Waals surface area contributed by atoms with Crippen molar-refractivity contribution in [2.45, 2.75) is 44.9 Å². The summed E-state index contributed by atoms with van der Waals surface area (Å²) in [5, 5.41) is 2.85. The number of hydrogen-bond acceptors (Lipinski definition) is 3. The number of hydrogen-bond donors (Lipinski definition) is 1. The Morgan fingerprint density at radius 3 is 2.54 bits per heavy atom. The normalized spacial score (nSPS) is 20.2. The standard InChI is InChI=1S/C22H26F2N2O2/c1-22(2,3)28-21(27)25-20-14-26(12-15-7-5-4-6-8-15)13-18(20)17-11-16(23)9-10-19(17)24/h4-11,18,20H,12-14H2,1-3H3,(H,25,27)/t18-,20+/m1/s1. The number of nitrogens with zero attached hydrogens (tertiary/aromatic N) is 1. The molecule has 6 heteroatoms. The maximum Gasteiger partial charge on any atom is 0.407 e. The molecule has 1 saturated heterocycles. The third kappa shape index (κ3) is 5.29. The van der Waals surface area contributed by atoms with E-state index in [-0.39, 0.29) is 17.5 Å². The minimum atomic E-state index is -0.633. The van der Waals surface area contributed by atoms with Crippen molar-refractivity contribution >= 4 is 6.09 Å². The molecule has 1 fully saturated rings. The van der Waals surface area contributed by atoms with Crippen LogP contribution in [0.3, 0.4) is 0 Å². The van der Waals surface area contributed by atoms with Crippen molar-refractivity contribution < 1.29 is 18.3 Å². The van der Waals surface area contributed by atoms with Crippen LogP contribution in [0.1, 0.15) is 37.8 Å². The van der Waals surface area contributed by atoms with Crippen molar-refractivity contribution in [1.82, 2.24) is 10.2 Å². The first-order valence-electron chi connectivity index (χ1n) is 9.42. The molecule has 4 nitrogen and oxygen atoms in total. The molecule has 1 amide bonds. The highest BCUT2D eigenvalue weighted by Gasteiger charge is 2.37. The summed E-state index contributed by atoms with van der Waals surface area (Å²) in [5.41, 5.74) is 0.766. The second-order valence-corrected chi connectivity index (χ2v) is 8.20. The van der Waals surface area contributed by atoms with E-state index in [1.165, 1.54) is 6.07 Å². The highest BCUT2D eigenvalue weighted by atomic mass is 19.1. The lowest BCUT2D eigenvalue weighted by Crippen LogP contribution is -2.42. The molecule has 1 N–H and O–H groups in total. The van der Waals surface area contributed by atoms with E-state index >= 15 is 0 Å². The van der Waals surface area contributed by atoms with Gasteiger partial charge in [-0.2, -0.15) is 0 Å². The highest BCUT2D eigenvalue weighted by Crippen LogP contribution is 2.31. The average Bonchev–Trinajstić information content (AvgIpc) is 2.98. The van der Waals surface area contributed by atoms with Crippen LogP contribution in [0.15, 0.2) is 48.5 Å². The second kappa shape index (κ2) is 8.27. The summed E-state index contributed by atoms with van der Waals surface area (Å²) >= 11 is 0. The zero-order valence-corrected chi connectivity index (χ0v) is 16.4. The van der Waals surface area contributed by atoms with Gasteiger partial charge >= 0.3 is 6.09 Å². The molecule has 0 saturated carbocycles. The predicted molar refractivity (Wildman–Crippen MR) is 104 cm³/mol. The molecule has 2 atom stereocenters. The zero-order chi connectivity index (χ0) is 20.3. The molecule has 0 unspecified atom stereocenters. The number of carbonyl (C=O) groups is 1. The average molecular weight is 388 g/mol. The molecule has 3 rings (SSSR count). The minimum absolute atomic E-state index is 0.275. The van der Waals surface area contributed by atoms with Gasteiger partial charge in [0.25, 0.3) is 0 Å². The Bertz CT molecular complexity index is 821. The number of nitrogens with one attached hydrogen (secondary N) is 1. The van der Waals surface area contributed by atoms with Crippen LogP contribution in [-0.4, -0.2) is 35.7 Å². The molecule has 2 aromatic carbocycles. The Morgan fingerprint density at radius 2 is 1.86 bits per heavy atom. The molecule has 0 aliphatic carbocycles. The van der Waals surface area contributed by atoms with Crippen LogP contribution in [0.4, 0.5) is 13.6 Å². The quantitative estimate of drug-likeness (QED) is 0.841. The monoisotopic (exact) mass is 388 g/mol. The third-order valence-corrected chi connectivity index (χ3v) is 4.70. The van der Waals surface area contributed by atoms with Gasteiger partial charge in [0.05, 0.1) is 6.04 Å². The summed E-state index contributed by atoms with van der Waals surface area (Å²) in [6.07, 6.45) is -0.555. The summed E-state index contributed by atoms with van der Waals surface area (Å²) in [6.45, 7) is 7.05. The van der Waals surface area contributed by atoms with Gasteiger partial charge in [0.2, 0.25) is 0 Å². The number of halogens is 2. The van der Waals surface area contributed by atoms with E-state index in [2.05, 4.69) is 10.2 Å². The predicted octanol–water partition coefficient (Wildman–Crippen LogP) is 4.46. The number of ether oxygens (including phenoxy) is 1. The van der Waals surface area contributed by atoms with E-state index in [4.69, 9.17) is 4.74 Å². The molecule has 28 heavy (non-hydrogen) atoms. The SMILES string of the molecule is CC(C)(C)OC(=O)N[C@H]1CN(Cc2ccccc2)C[C@@H]1c1cc(F)ccc1F. The van der Waals surface area contributed by atoms with E-state index in [0.717, 1.165) is 17.7 Å². The zero-order valence-electron chi connectivity index (χ0n) is 16.4. The van der Waals surface area contributed by atoms with Crippen LogP contribution in [0.5, 0.6) is 0 Å². The van der Waals surface area contributed by atoms with Crippen molar-refractivity contribution in [2.75, 3.05) is 13.1 Å². The molecule has 0 radical (unpaired) electrons. The van der Waals surface area contributed by atoms with E-state index in [1.54, 1.807) is 20.8 Å². The van der Waals surface area contributed by atoms with E-state index in [9.17, 15) is 13.6 Å². The molecule has 0 aromatic heterocycles. The van der Waals surface area contributed by atoms with Gasteiger partial charge in [-0.1, -0.05) is 30.3 Å². The lowest BCUT2D eigenvalue weighted by Gasteiger charge is -2.24. The summed E-state index contributed by atoms with van der Waals surface area (Å²) < 4.78 is 33.5. The number of likely N-dealkylation sites (tertiary alicyclic amines) is 1. The van der Waals surface area contributed by atoms with Gasteiger partial charge in [-0.3, -0.25) is 4.90 Å².